The molecule has 0 aliphatic rings. The van der Waals surface area contributed by atoms with Gasteiger partial charge in [0.25, 0.3) is 0 Å². The Bertz CT molecular complexity index is 554. The Labute approximate surface area is 118 Å². The van der Waals surface area contributed by atoms with Crippen LogP contribution < -0.4 is 11.5 Å². The number of anilines is 2. The van der Waals surface area contributed by atoms with E-state index >= 15 is 0 Å². The predicted molar refractivity (Wildman–Crippen MR) is 80.2 cm³/mol. The molecule has 20 heavy (non-hydrogen) atoms. The highest BCUT2D eigenvalue weighted by atomic mass is 16.3. The SMILES string of the molecule is Nc1ccc(N)c(CC(CO)(CCO)c2ccc[nH]2)c1. The fraction of sp³-hybridized carbons (Fsp3) is 0.333. The van der Waals surface area contributed by atoms with Crippen LogP contribution in [0.25, 0.3) is 0 Å². The van der Waals surface area contributed by atoms with E-state index in [1.165, 1.54) is 0 Å². The van der Waals surface area contributed by atoms with Gasteiger partial charge in [-0.15, -0.1) is 0 Å². The number of benzene rings is 1. The Balaban J connectivity index is 2.40. The number of nitrogens with one attached hydrogen (secondary N) is 1. The van der Waals surface area contributed by atoms with Crippen LogP contribution in [0.15, 0.2) is 36.5 Å². The molecule has 1 heterocycles. The largest absolute Gasteiger partial charge is 0.399 e. The number of H-pyrrole nitrogens is 1. The van der Waals surface area contributed by atoms with E-state index in [0.717, 1.165) is 11.3 Å². The minimum absolute atomic E-state index is 0.0121. The molecule has 2 aromatic rings. The van der Waals surface area contributed by atoms with Gasteiger partial charge in [0.05, 0.1) is 6.61 Å². The third-order valence-corrected chi connectivity index (χ3v) is 3.76. The first kappa shape index (κ1) is 14.4. The van der Waals surface area contributed by atoms with Crippen molar-refractivity contribution in [1.29, 1.82) is 0 Å². The molecule has 1 aromatic carbocycles. The van der Waals surface area contributed by atoms with E-state index < -0.39 is 5.41 Å². The molecule has 1 aromatic heterocycles. The Morgan fingerprint density at radius 1 is 1.15 bits per heavy atom. The zero-order valence-corrected chi connectivity index (χ0v) is 11.3. The molecule has 0 saturated carbocycles. The summed E-state index contributed by atoms with van der Waals surface area (Å²) in [5, 5.41) is 19.3. The fourth-order valence-electron chi connectivity index (χ4n) is 2.56. The maximum Gasteiger partial charge on any atom is 0.0546 e. The molecule has 0 spiro atoms. The number of rotatable bonds is 6. The first-order chi connectivity index (χ1) is 9.61. The summed E-state index contributed by atoms with van der Waals surface area (Å²) in [4.78, 5) is 3.12. The van der Waals surface area contributed by atoms with E-state index in [4.69, 9.17) is 11.5 Å². The van der Waals surface area contributed by atoms with Crippen molar-refractivity contribution in [3.63, 3.8) is 0 Å². The number of nitrogens with two attached hydrogens (primary N) is 2. The molecule has 5 nitrogen and oxygen atoms in total. The van der Waals surface area contributed by atoms with Crippen LogP contribution in [-0.4, -0.2) is 28.4 Å². The number of aromatic nitrogens is 1. The van der Waals surface area contributed by atoms with Crippen LogP contribution in [0, 0.1) is 0 Å². The summed E-state index contributed by atoms with van der Waals surface area (Å²) in [5.41, 5.74) is 14.3. The Morgan fingerprint density at radius 2 is 1.95 bits per heavy atom. The smallest absolute Gasteiger partial charge is 0.0546 e. The molecule has 5 heteroatoms. The molecule has 0 fully saturated rings. The second-order valence-corrected chi connectivity index (χ2v) is 5.13. The molecule has 0 aliphatic carbocycles. The zero-order valence-electron chi connectivity index (χ0n) is 11.3. The summed E-state index contributed by atoms with van der Waals surface area (Å²) < 4.78 is 0. The number of aromatic amines is 1. The number of aliphatic hydroxyl groups is 2. The summed E-state index contributed by atoms with van der Waals surface area (Å²) in [6, 6.07) is 9.12. The van der Waals surface area contributed by atoms with Crippen LogP contribution in [0.1, 0.15) is 17.7 Å². The minimum Gasteiger partial charge on any atom is -0.399 e. The van der Waals surface area contributed by atoms with Crippen LogP contribution in [-0.2, 0) is 11.8 Å². The van der Waals surface area contributed by atoms with E-state index in [2.05, 4.69) is 4.98 Å². The number of hydrogen-bond acceptors (Lipinski definition) is 4. The van der Waals surface area contributed by atoms with Gasteiger partial charge in [-0.2, -0.15) is 0 Å². The highest BCUT2D eigenvalue weighted by molar-refractivity contribution is 5.56. The topological polar surface area (TPSA) is 108 Å². The van der Waals surface area contributed by atoms with Crippen molar-refractivity contribution in [2.24, 2.45) is 0 Å². The highest BCUT2D eigenvalue weighted by Gasteiger charge is 2.33. The molecule has 0 radical (unpaired) electrons. The van der Waals surface area contributed by atoms with Crippen molar-refractivity contribution in [2.75, 3.05) is 24.7 Å². The first-order valence-corrected chi connectivity index (χ1v) is 6.61. The Morgan fingerprint density at radius 3 is 2.55 bits per heavy atom. The number of aliphatic hydroxyl groups excluding tert-OH is 2. The molecule has 1 atom stereocenters. The Hall–Kier alpha value is -1.98. The van der Waals surface area contributed by atoms with E-state index in [1.807, 2.05) is 18.2 Å². The molecule has 0 amide bonds. The number of hydrogen-bond donors (Lipinski definition) is 5. The van der Waals surface area contributed by atoms with E-state index in [9.17, 15) is 10.2 Å². The van der Waals surface area contributed by atoms with Crippen LogP contribution in [0.3, 0.4) is 0 Å². The van der Waals surface area contributed by atoms with Crippen molar-refractivity contribution in [3.05, 3.63) is 47.8 Å². The number of nitrogen functional groups attached to an aromatic ring is 2. The van der Waals surface area contributed by atoms with Gasteiger partial charge in [0.2, 0.25) is 0 Å². The lowest BCUT2D eigenvalue weighted by Gasteiger charge is -2.31. The average molecular weight is 275 g/mol. The van der Waals surface area contributed by atoms with Gasteiger partial charge in [-0.25, -0.2) is 0 Å². The summed E-state index contributed by atoms with van der Waals surface area (Å²) in [7, 11) is 0. The van der Waals surface area contributed by atoms with Gasteiger partial charge < -0.3 is 26.7 Å². The molecule has 0 bridgehead atoms. The average Bonchev–Trinajstić information content (AvgIpc) is 2.97. The van der Waals surface area contributed by atoms with Gasteiger partial charge in [-0.05, 0) is 48.7 Å². The third kappa shape index (κ3) is 2.79. The first-order valence-electron chi connectivity index (χ1n) is 6.61. The summed E-state index contributed by atoms with van der Waals surface area (Å²) in [5.74, 6) is 0. The van der Waals surface area contributed by atoms with Gasteiger partial charge in [0, 0.05) is 35.3 Å². The lowest BCUT2D eigenvalue weighted by Crippen LogP contribution is -2.35. The maximum atomic E-state index is 9.90. The van der Waals surface area contributed by atoms with Crippen LogP contribution in [0.5, 0.6) is 0 Å². The standard InChI is InChI=1S/C15H21N3O2/c16-12-3-4-13(17)11(8-12)9-15(10-20,5-7-19)14-2-1-6-18-14/h1-4,6,8,18-20H,5,7,9-10,16-17H2. The van der Waals surface area contributed by atoms with E-state index in [1.54, 1.807) is 18.3 Å². The van der Waals surface area contributed by atoms with E-state index in [0.29, 0.717) is 24.2 Å². The summed E-state index contributed by atoms with van der Waals surface area (Å²) in [6.07, 6.45) is 2.76. The minimum atomic E-state index is -0.583. The quantitative estimate of drug-likeness (QED) is 0.507. The van der Waals surface area contributed by atoms with E-state index in [-0.39, 0.29) is 13.2 Å². The second kappa shape index (κ2) is 5.98. The molecule has 0 aliphatic heterocycles. The summed E-state index contributed by atoms with van der Waals surface area (Å²) >= 11 is 0. The van der Waals surface area contributed by atoms with Crippen molar-refractivity contribution in [3.8, 4) is 0 Å². The lowest BCUT2D eigenvalue weighted by molar-refractivity contribution is 0.148. The molecule has 108 valence electrons. The second-order valence-electron chi connectivity index (χ2n) is 5.13. The van der Waals surface area contributed by atoms with Gasteiger partial charge >= 0.3 is 0 Å². The van der Waals surface area contributed by atoms with Gasteiger partial charge in [0.1, 0.15) is 0 Å². The van der Waals surface area contributed by atoms with Gasteiger partial charge in [-0.1, -0.05) is 0 Å². The molecule has 0 saturated heterocycles. The maximum absolute atomic E-state index is 9.90. The zero-order chi connectivity index (χ0) is 14.6. The van der Waals surface area contributed by atoms with Crippen LogP contribution in [0.4, 0.5) is 11.4 Å². The van der Waals surface area contributed by atoms with Gasteiger partial charge in [-0.3, -0.25) is 0 Å². The third-order valence-electron chi connectivity index (χ3n) is 3.76. The van der Waals surface area contributed by atoms with Crippen molar-refractivity contribution in [2.45, 2.75) is 18.3 Å². The molecule has 1 unspecified atom stereocenters. The normalized spacial score (nSPS) is 14.1. The van der Waals surface area contributed by atoms with Crippen LogP contribution >= 0.6 is 0 Å². The van der Waals surface area contributed by atoms with Crippen molar-refractivity contribution >= 4 is 11.4 Å². The summed E-state index contributed by atoms with van der Waals surface area (Å²) in [6.45, 7) is -0.0931. The molecular formula is C15H21N3O2. The molecule has 2 rings (SSSR count). The van der Waals surface area contributed by atoms with Gasteiger partial charge in [0.15, 0.2) is 0 Å². The molecule has 7 N–H and O–H groups in total. The monoisotopic (exact) mass is 275 g/mol. The van der Waals surface area contributed by atoms with Crippen molar-refractivity contribution in [1.82, 2.24) is 4.98 Å². The lowest BCUT2D eigenvalue weighted by atomic mass is 9.76. The molecular weight excluding hydrogens is 254 g/mol. The highest BCUT2D eigenvalue weighted by Crippen LogP contribution is 2.33. The Kier molecular flexibility index (Phi) is 4.32. The van der Waals surface area contributed by atoms with Crippen molar-refractivity contribution < 1.29 is 10.2 Å². The predicted octanol–water partition coefficient (Wildman–Crippen LogP) is 1.03. The fourth-order valence-corrected chi connectivity index (χ4v) is 2.56. The van der Waals surface area contributed by atoms with Crippen LogP contribution in [0.2, 0.25) is 0 Å².